The number of halogens is 2. The zero-order valence-electron chi connectivity index (χ0n) is 12.5. The van der Waals surface area contributed by atoms with Gasteiger partial charge in [-0.05, 0) is 66.7 Å². The molecule has 3 unspecified atom stereocenters. The van der Waals surface area contributed by atoms with Crippen LogP contribution >= 0.6 is 15.9 Å². The SMILES string of the molecule is CC(C)(C)C1CCC(O)C(Cc2cc(Br)ccc2F)C1. The lowest BCUT2D eigenvalue weighted by molar-refractivity contribution is 0.0193. The van der Waals surface area contributed by atoms with Crippen LogP contribution in [0, 0.1) is 23.1 Å². The van der Waals surface area contributed by atoms with Gasteiger partial charge < -0.3 is 5.11 Å². The smallest absolute Gasteiger partial charge is 0.126 e. The van der Waals surface area contributed by atoms with E-state index in [9.17, 15) is 9.50 Å². The van der Waals surface area contributed by atoms with Gasteiger partial charge in [0.1, 0.15) is 5.82 Å². The number of rotatable bonds is 2. The fourth-order valence-electron chi connectivity index (χ4n) is 3.24. The first kappa shape index (κ1) is 16.0. The highest BCUT2D eigenvalue weighted by molar-refractivity contribution is 9.10. The molecule has 1 aromatic rings. The van der Waals surface area contributed by atoms with Crippen LogP contribution in [0.15, 0.2) is 22.7 Å². The minimum Gasteiger partial charge on any atom is -0.393 e. The Kier molecular flexibility index (Phi) is 4.91. The van der Waals surface area contributed by atoms with E-state index in [4.69, 9.17) is 0 Å². The molecule has 0 saturated heterocycles. The van der Waals surface area contributed by atoms with Crippen LogP contribution in [-0.2, 0) is 6.42 Å². The van der Waals surface area contributed by atoms with E-state index in [2.05, 4.69) is 36.7 Å². The Labute approximate surface area is 129 Å². The van der Waals surface area contributed by atoms with Crippen molar-refractivity contribution in [3.05, 3.63) is 34.1 Å². The van der Waals surface area contributed by atoms with Crippen LogP contribution < -0.4 is 0 Å². The molecule has 1 aliphatic carbocycles. The summed E-state index contributed by atoms with van der Waals surface area (Å²) >= 11 is 3.39. The molecule has 0 aromatic heterocycles. The number of aliphatic hydroxyl groups excluding tert-OH is 1. The van der Waals surface area contributed by atoms with Crippen molar-refractivity contribution in [3.8, 4) is 0 Å². The summed E-state index contributed by atoms with van der Waals surface area (Å²) in [7, 11) is 0. The molecule has 0 spiro atoms. The molecular weight excluding hydrogens is 319 g/mol. The van der Waals surface area contributed by atoms with E-state index in [1.165, 1.54) is 6.07 Å². The van der Waals surface area contributed by atoms with Crippen molar-refractivity contribution in [3.63, 3.8) is 0 Å². The van der Waals surface area contributed by atoms with Crippen molar-refractivity contribution in [1.29, 1.82) is 0 Å². The summed E-state index contributed by atoms with van der Waals surface area (Å²) in [5.74, 6) is 0.598. The molecule has 1 aromatic carbocycles. The van der Waals surface area contributed by atoms with Gasteiger partial charge in [-0.3, -0.25) is 0 Å². The highest BCUT2D eigenvalue weighted by Gasteiger charge is 2.35. The quantitative estimate of drug-likeness (QED) is 0.805. The van der Waals surface area contributed by atoms with Gasteiger partial charge in [-0.1, -0.05) is 36.7 Å². The second kappa shape index (κ2) is 6.15. The molecule has 0 radical (unpaired) electrons. The third-order valence-electron chi connectivity index (χ3n) is 4.66. The molecule has 3 atom stereocenters. The summed E-state index contributed by atoms with van der Waals surface area (Å²) in [4.78, 5) is 0. The molecule has 2 rings (SSSR count). The predicted octanol–water partition coefficient (Wildman–Crippen LogP) is 4.95. The van der Waals surface area contributed by atoms with Crippen LogP contribution in [0.2, 0.25) is 0 Å². The minimum absolute atomic E-state index is 0.164. The molecule has 1 N–H and O–H groups in total. The second-order valence-electron chi connectivity index (χ2n) is 7.14. The summed E-state index contributed by atoms with van der Waals surface area (Å²) in [5.41, 5.74) is 0.965. The third kappa shape index (κ3) is 3.82. The maximum absolute atomic E-state index is 13.9. The standard InChI is InChI=1S/C17H24BrFO/c1-17(2,3)13-4-7-16(20)12(9-13)8-11-10-14(18)5-6-15(11)19/h5-6,10,12-13,16,20H,4,7-9H2,1-3H3. The van der Waals surface area contributed by atoms with Crippen LogP contribution in [-0.4, -0.2) is 11.2 Å². The maximum Gasteiger partial charge on any atom is 0.126 e. The van der Waals surface area contributed by atoms with E-state index in [0.717, 1.165) is 23.7 Å². The summed E-state index contributed by atoms with van der Waals surface area (Å²) < 4.78 is 14.8. The van der Waals surface area contributed by atoms with Crippen molar-refractivity contribution < 1.29 is 9.50 Å². The van der Waals surface area contributed by atoms with Gasteiger partial charge in [-0.2, -0.15) is 0 Å². The lowest BCUT2D eigenvalue weighted by Gasteiger charge is -2.40. The second-order valence-corrected chi connectivity index (χ2v) is 8.06. The minimum atomic E-state index is -0.299. The molecule has 1 nitrogen and oxygen atoms in total. The summed E-state index contributed by atoms with van der Waals surface area (Å²) in [6.45, 7) is 6.77. The first-order valence-electron chi connectivity index (χ1n) is 7.39. The highest BCUT2D eigenvalue weighted by Crippen LogP contribution is 2.41. The van der Waals surface area contributed by atoms with Gasteiger partial charge >= 0.3 is 0 Å². The number of benzene rings is 1. The molecule has 0 amide bonds. The van der Waals surface area contributed by atoms with Crippen molar-refractivity contribution in [2.24, 2.45) is 17.3 Å². The van der Waals surface area contributed by atoms with E-state index >= 15 is 0 Å². The zero-order valence-corrected chi connectivity index (χ0v) is 14.1. The first-order valence-corrected chi connectivity index (χ1v) is 8.18. The van der Waals surface area contributed by atoms with Gasteiger partial charge in [-0.25, -0.2) is 4.39 Å². The van der Waals surface area contributed by atoms with E-state index in [1.54, 1.807) is 6.07 Å². The van der Waals surface area contributed by atoms with Crippen molar-refractivity contribution in [2.45, 2.75) is 52.6 Å². The van der Waals surface area contributed by atoms with Gasteiger partial charge in [0.15, 0.2) is 0 Å². The molecule has 1 saturated carbocycles. The fourth-order valence-corrected chi connectivity index (χ4v) is 3.64. The Hall–Kier alpha value is -0.410. The maximum atomic E-state index is 13.9. The van der Waals surface area contributed by atoms with Gasteiger partial charge in [0.25, 0.3) is 0 Å². The van der Waals surface area contributed by atoms with Crippen LogP contribution in [0.5, 0.6) is 0 Å². The van der Waals surface area contributed by atoms with E-state index < -0.39 is 0 Å². The van der Waals surface area contributed by atoms with E-state index in [0.29, 0.717) is 17.9 Å². The van der Waals surface area contributed by atoms with Gasteiger partial charge in [0.05, 0.1) is 6.10 Å². The molecule has 0 bridgehead atoms. The number of aliphatic hydroxyl groups is 1. The molecule has 3 heteroatoms. The van der Waals surface area contributed by atoms with Crippen molar-refractivity contribution >= 4 is 15.9 Å². The first-order chi connectivity index (χ1) is 9.27. The summed E-state index contributed by atoms with van der Waals surface area (Å²) in [6.07, 6.45) is 3.21. The van der Waals surface area contributed by atoms with Gasteiger partial charge in [-0.15, -0.1) is 0 Å². The van der Waals surface area contributed by atoms with Gasteiger partial charge in [0.2, 0.25) is 0 Å². The van der Waals surface area contributed by atoms with Gasteiger partial charge in [0, 0.05) is 4.47 Å². The molecule has 20 heavy (non-hydrogen) atoms. The lowest BCUT2D eigenvalue weighted by Crippen LogP contribution is -2.35. The molecule has 0 aliphatic heterocycles. The average molecular weight is 343 g/mol. The fraction of sp³-hybridized carbons (Fsp3) is 0.647. The van der Waals surface area contributed by atoms with E-state index in [-0.39, 0.29) is 23.3 Å². The van der Waals surface area contributed by atoms with E-state index in [1.807, 2.05) is 6.07 Å². The largest absolute Gasteiger partial charge is 0.393 e. The number of hydrogen-bond donors (Lipinski definition) is 1. The Morgan fingerprint density at radius 1 is 1.30 bits per heavy atom. The Balaban J connectivity index is 2.12. The molecule has 0 heterocycles. The number of hydrogen-bond acceptors (Lipinski definition) is 1. The van der Waals surface area contributed by atoms with Crippen LogP contribution in [0.25, 0.3) is 0 Å². The Morgan fingerprint density at radius 3 is 2.65 bits per heavy atom. The summed E-state index contributed by atoms with van der Waals surface area (Å²) in [6, 6.07) is 5.05. The van der Waals surface area contributed by atoms with Crippen LogP contribution in [0.3, 0.4) is 0 Å². The van der Waals surface area contributed by atoms with Crippen LogP contribution in [0.1, 0.15) is 45.6 Å². The molecular formula is C17H24BrFO. The van der Waals surface area contributed by atoms with Crippen molar-refractivity contribution in [2.75, 3.05) is 0 Å². The third-order valence-corrected chi connectivity index (χ3v) is 5.15. The Bertz CT molecular complexity index is 467. The average Bonchev–Trinajstić information content (AvgIpc) is 2.35. The molecule has 1 fully saturated rings. The zero-order chi connectivity index (χ0) is 14.9. The normalized spacial score (nSPS) is 27.6. The molecule has 112 valence electrons. The monoisotopic (exact) mass is 342 g/mol. The highest BCUT2D eigenvalue weighted by atomic mass is 79.9. The topological polar surface area (TPSA) is 20.2 Å². The predicted molar refractivity (Wildman–Crippen MR) is 84.1 cm³/mol. The Morgan fingerprint density at radius 2 is 2.00 bits per heavy atom. The van der Waals surface area contributed by atoms with Crippen LogP contribution in [0.4, 0.5) is 4.39 Å². The van der Waals surface area contributed by atoms with Crippen molar-refractivity contribution in [1.82, 2.24) is 0 Å². The summed E-state index contributed by atoms with van der Waals surface area (Å²) in [5, 5.41) is 10.2. The lowest BCUT2D eigenvalue weighted by atomic mass is 9.67. The molecule has 1 aliphatic rings.